The van der Waals surface area contributed by atoms with Gasteiger partial charge in [0.05, 0.1) is 11.4 Å². The molecule has 0 bridgehead atoms. The number of rotatable bonds is 5. The minimum Gasteiger partial charge on any atom is -0.506 e. The summed E-state index contributed by atoms with van der Waals surface area (Å²) in [5.41, 5.74) is 4.32. The summed E-state index contributed by atoms with van der Waals surface area (Å²) in [6.07, 6.45) is 0. The van der Waals surface area contributed by atoms with Gasteiger partial charge in [0.1, 0.15) is 17.4 Å². The lowest BCUT2D eigenvalue weighted by Gasteiger charge is -2.11. The fourth-order valence-corrected chi connectivity index (χ4v) is 3.22. The van der Waals surface area contributed by atoms with Crippen LogP contribution in [0.4, 0.5) is 17.2 Å². The minimum atomic E-state index is -0.312. The van der Waals surface area contributed by atoms with Gasteiger partial charge in [0.25, 0.3) is 5.91 Å². The number of carbonyl (C=O) groups excluding carboxylic acids is 1. The number of nitrogens with zero attached hydrogens (tertiary/aromatic N) is 2. The fraction of sp³-hybridized carbons (Fsp3) is 0.0800. The van der Waals surface area contributed by atoms with Gasteiger partial charge in [-0.15, -0.1) is 0 Å². The van der Waals surface area contributed by atoms with Crippen molar-refractivity contribution in [3.8, 4) is 17.0 Å². The minimum absolute atomic E-state index is 0.0260. The van der Waals surface area contributed by atoms with E-state index in [1.54, 1.807) is 36.4 Å². The smallest absolute Gasteiger partial charge is 0.255 e. The van der Waals surface area contributed by atoms with Gasteiger partial charge < -0.3 is 15.7 Å². The van der Waals surface area contributed by atoms with E-state index < -0.39 is 0 Å². The lowest BCUT2D eigenvalue weighted by atomic mass is 10.1. The van der Waals surface area contributed by atoms with Crippen molar-refractivity contribution in [3.05, 3.63) is 95.8 Å². The van der Waals surface area contributed by atoms with E-state index in [2.05, 4.69) is 20.6 Å². The van der Waals surface area contributed by atoms with Crippen molar-refractivity contribution < 1.29 is 9.90 Å². The topological polar surface area (TPSA) is 87.1 Å². The molecule has 0 fully saturated rings. The van der Waals surface area contributed by atoms with Crippen LogP contribution >= 0.6 is 0 Å². The summed E-state index contributed by atoms with van der Waals surface area (Å²) >= 11 is 0. The number of aromatic hydroxyl groups is 1. The van der Waals surface area contributed by atoms with Crippen LogP contribution in [0.3, 0.4) is 0 Å². The molecule has 0 spiro atoms. The number of hydrogen-bond donors (Lipinski definition) is 3. The molecule has 0 aliphatic rings. The van der Waals surface area contributed by atoms with Crippen molar-refractivity contribution in [1.29, 1.82) is 0 Å². The summed E-state index contributed by atoms with van der Waals surface area (Å²) in [4.78, 5) is 21.7. The third kappa shape index (κ3) is 4.87. The Bertz CT molecular complexity index is 1240. The highest BCUT2D eigenvalue weighted by molar-refractivity contribution is 6.05. The second kappa shape index (κ2) is 8.67. The first-order valence-corrected chi connectivity index (χ1v) is 9.87. The molecule has 0 aliphatic carbocycles. The Kier molecular flexibility index (Phi) is 5.62. The number of anilines is 3. The predicted octanol–water partition coefficient (Wildman–Crippen LogP) is 5.46. The average molecular weight is 410 g/mol. The number of phenols is 1. The van der Waals surface area contributed by atoms with Crippen LogP contribution in [0.15, 0.2) is 78.9 Å². The standard InChI is InChI=1S/C25H22N4O2/c1-16-11-12-23(30)22(13-16)29-25(31)19-9-6-10-20(14-19)28-24-15-21(26-17(2)27-24)18-7-4-3-5-8-18/h3-15,30H,1-2H3,(H,29,31)(H,26,27,28). The van der Waals surface area contributed by atoms with Crippen molar-refractivity contribution in [2.24, 2.45) is 0 Å². The van der Waals surface area contributed by atoms with E-state index in [1.165, 1.54) is 0 Å². The van der Waals surface area contributed by atoms with Crippen LogP contribution in [-0.4, -0.2) is 21.0 Å². The SMILES string of the molecule is Cc1ccc(O)c(NC(=O)c2cccc(Nc3cc(-c4ccccc4)nc(C)n3)c2)c1. The normalized spacial score (nSPS) is 10.5. The highest BCUT2D eigenvalue weighted by atomic mass is 16.3. The van der Waals surface area contributed by atoms with Gasteiger partial charge in [-0.05, 0) is 49.7 Å². The quantitative estimate of drug-likeness (QED) is 0.380. The van der Waals surface area contributed by atoms with Gasteiger partial charge in [-0.3, -0.25) is 4.79 Å². The molecule has 31 heavy (non-hydrogen) atoms. The third-order valence-corrected chi connectivity index (χ3v) is 4.70. The van der Waals surface area contributed by atoms with Crippen LogP contribution in [-0.2, 0) is 0 Å². The first kappa shape index (κ1) is 20.1. The molecule has 154 valence electrons. The van der Waals surface area contributed by atoms with Crippen LogP contribution in [0.2, 0.25) is 0 Å². The molecule has 1 amide bonds. The zero-order valence-electron chi connectivity index (χ0n) is 17.3. The Balaban J connectivity index is 1.56. The van der Waals surface area contributed by atoms with Crippen LogP contribution in [0.5, 0.6) is 5.75 Å². The van der Waals surface area contributed by atoms with Crippen LogP contribution in [0, 0.1) is 13.8 Å². The van der Waals surface area contributed by atoms with Gasteiger partial charge in [-0.25, -0.2) is 9.97 Å². The van der Waals surface area contributed by atoms with E-state index in [1.807, 2.05) is 56.3 Å². The van der Waals surface area contributed by atoms with Gasteiger partial charge in [0.15, 0.2) is 0 Å². The number of nitrogens with one attached hydrogen (secondary N) is 2. The fourth-order valence-electron chi connectivity index (χ4n) is 3.22. The maximum Gasteiger partial charge on any atom is 0.255 e. The number of hydrogen-bond acceptors (Lipinski definition) is 5. The van der Waals surface area contributed by atoms with Crippen molar-refractivity contribution in [2.45, 2.75) is 13.8 Å². The Morgan fingerprint density at radius 3 is 2.48 bits per heavy atom. The monoisotopic (exact) mass is 410 g/mol. The number of amides is 1. The Hall–Kier alpha value is -4.19. The zero-order chi connectivity index (χ0) is 21.8. The van der Waals surface area contributed by atoms with E-state index >= 15 is 0 Å². The molecular formula is C25H22N4O2. The second-order valence-corrected chi connectivity index (χ2v) is 7.23. The van der Waals surface area contributed by atoms with E-state index in [0.29, 0.717) is 22.9 Å². The summed E-state index contributed by atoms with van der Waals surface area (Å²) in [7, 11) is 0. The maximum absolute atomic E-state index is 12.7. The molecular weight excluding hydrogens is 388 g/mol. The highest BCUT2D eigenvalue weighted by Crippen LogP contribution is 2.26. The number of aryl methyl sites for hydroxylation is 2. The molecule has 0 unspecified atom stereocenters. The molecule has 0 atom stereocenters. The van der Waals surface area contributed by atoms with E-state index in [0.717, 1.165) is 22.5 Å². The number of carbonyl (C=O) groups is 1. The van der Waals surface area contributed by atoms with Crippen LogP contribution < -0.4 is 10.6 Å². The van der Waals surface area contributed by atoms with Gasteiger partial charge in [-0.1, -0.05) is 42.5 Å². The molecule has 3 aromatic carbocycles. The molecule has 0 saturated carbocycles. The molecule has 4 aromatic rings. The first-order valence-electron chi connectivity index (χ1n) is 9.87. The van der Waals surface area contributed by atoms with Crippen molar-refractivity contribution in [3.63, 3.8) is 0 Å². The molecule has 3 N–H and O–H groups in total. The molecule has 0 aliphatic heterocycles. The Labute approximate surface area is 180 Å². The zero-order valence-corrected chi connectivity index (χ0v) is 17.3. The lowest BCUT2D eigenvalue weighted by molar-refractivity contribution is 0.102. The van der Waals surface area contributed by atoms with E-state index in [9.17, 15) is 9.90 Å². The Morgan fingerprint density at radius 1 is 0.871 bits per heavy atom. The van der Waals surface area contributed by atoms with Gasteiger partial charge in [0.2, 0.25) is 0 Å². The molecule has 1 aromatic heterocycles. The molecule has 0 radical (unpaired) electrons. The highest BCUT2D eigenvalue weighted by Gasteiger charge is 2.11. The second-order valence-electron chi connectivity index (χ2n) is 7.23. The summed E-state index contributed by atoms with van der Waals surface area (Å²) in [6.45, 7) is 3.74. The third-order valence-electron chi connectivity index (χ3n) is 4.70. The van der Waals surface area contributed by atoms with Gasteiger partial charge in [0, 0.05) is 22.9 Å². The predicted molar refractivity (Wildman–Crippen MR) is 123 cm³/mol. The first-order chi connectivity index (χ1) is 15.0. The average Bonchev–Trinajstić information content (AvgIpc) is 2.76. The van der Waals surface area contributed by atoms with E-state index in [4.69, 9.17) is 0 Å². The summed E-state index contributed by atoms with van der Waals surface area (Å²) in [5, 5.41) is 16.0. The van der Waals surface area contributed by atoms with Crippen LogP contribution in [0.25, 0.3) is 11.3 Å². The van der Waals surface area contributed by atoms with Gasteiger partial charge >= 0.3 is 0 Å². The molecule has 6 heteroatoms. The Morgan fingerprint density at radius 2 is 1.68 bits per heavy atom. The summed E-state index contributed by atoms with van der Waals surface area (Å²) in [6, 6.07) is 23.9. The number of phenolic OH excluding ortho intramolecular Hbond substituents is 1. The van der Waals surface area contributed by atoms with E-state index in [-0.39, 0.29) is 11.7 Å². The molecule has 4 rings (SSSR count). The maximum atomic E-state index is 12.7. The van der Waals surface area contributed by atoms with Crippen molar-refractivity contribution in [1.82, 2.24) is 9.97 Å². The van der Waals surface area contributed by atoms with Gasteiger partial charge in [-0.2, -0.15) is 0 Å². The van der Waals surface area contributed by atoms with Crippen molar-refractivity contribution in [2.75, 3.05) is 10.6 Å². The number of aromatic nitrogens is 2. The molecule has 0 saturated heterocycles. The number of benzene rings is 3. The van der Waals surface area contributed by atoms with Crippen LogP contribution in [0.1, 0.15) is 21.7 Å². The summed E-state index contributed by atoms with van der Waals surface area (Å²) < 4.78 is 0. The lowest BCUT2D eigenvalue weighted by Crippen LogP contribution is -2.12. The summed E-state index contributed by atoms with van der Waals surface area (Å²) in [5.74, 6) is 0.999. The van der Waals surface area contributed by atoms with Crippen molar-refractivity contribution >= 4 is 23.1 Å². The molecule has 1 heterocycles. The largest absolute Gasteiger partial charge is 0.506 e. The molecule has 6 nitrogen and oxygen atoms in total.